The van der Waals surface area contributed by atoms with Crippen molar-refractivity contribution < 1.29 is 33.3 Å². The lowest BCUT2D eigenvalue weighted by atomic mass is 10.4. The van der Waals surface area contributed by atoms with Crippen LogP contribution in [0.1, 0.15) is 6.92 Å². The van der Waals surface area contributed by atoms with Gasteiger partial charge in [-0.2, -0.15) is 0 Å². The number of methoxy groups -OCH3 is 1. The molecular weight excluding hydrogens is 268 g/mol. The van der Waals surface area contributed by atoms with E-state index in [-0.39, 0.29) is 13.2 Å². The first-order chi connectivity index (χ1) is 9.57. The van der Waals surface area contributed by atoms with Gasteiger partial charge in [0.15, 0.2) is 0 Å². The molecule has 0 aromatic heterocycles. The SMILES string of the molecule is C=C(C)C(=O)OCCOCCOCCOCC(=O)OC. The summed E-state index contributed by atoms with van der Waals surface area (Å²) in [5, 5.41) is 0. The largest absolute Gasteiger partial charge is 0.467 e. The van der Waals surface area contributed by atoms with Gasteiger partial charge < -0.3 is 23.7 Å². The Hall–Kier alpha value is -1.44. The predicted molar refractivity (Wildman–Crippen MR) is 70.2 cm³/mol. The Bertz CT molecular complexity index is 301. The summed E-state index contributed by atoms with van der Waals surface area (Å²) in [7, 11) is 1.30. The molecule has 0 amide bonds. The summed E-state index contributed by atoms with van der Waals surface area (Å²) in [6.07, 6.45) is 0. The Labute approximate surface area is 118 Å². The minimum atomic E-state index is -0.424. The summed E-state index contributed by atoms with van der Waals surface area (Å²) in [6.45, 7) is 6.92. The Kier molecular flexibility index (Phi) is 11.7. The van der Waals surface area contributed by atoms with Gasteiger partial charge in [-0.25, -0.2) is 9.59 Å². The zero-order valence-corrected chi connectivity index (χ0v) is 12.0. The molecule has 0 unspecified atom stereocenters. The summed E-state index contributed by atoms with van der Waals surface area (Å²) in [5.74, 6) is -0.842. The van der Waals surface area contributed by atoms with Crippen molar-refractivity contribution in [2.45, 2.75) is 6.92 Å². The number of rotatable bonds is 12. The predicted octanol–water partition coefficient (Wildman–Crippen LogP) is 0.329. The molecule has 0 fully saturated rings. The first-order valence-corrected chi connectivity index (χ1v) is 6.20. The van der Waals surface area contributed by atoms with E-state index in [2.05, 4.69) is 11.3 Å². The minimum Gasteiger partial charge on any atom is -0.467 e. The second-order valence-electron chi connectivity index (χ2n) is 3.77. The lowest BCUT2D eigenvalue weighted by Crippen LogP contribution is -2.15. The van der Waals surface area contributed by atoms with Crippen LogP contribution in [-0.4, -0.2) is 65.3 Å². The van der Waals surface area contributed by atoms with E-state index in [4.69, 9.17) is 18.9 Å². The van der Waals surface area contributed by atoms with Crippen molar-refractivity contribution in [2.24, 2.45) is 0 Å². The molecule has 0 aromatic rings. The van der Waals surface area contributed by atoms with Crippen LogP contribution >= 0.6 is 0 Å². The molecule has 7 heteroatoms. The number of hydrogen-bond acceptors (Lipinski definition) is 7. The number of carbonyl (C=O) groups is 2. The third-order valence-corrected chi connectivity index (χ3v) is 2.00. The molecule has 0 saturated heterocycles. The Morgan fingerprint density at radius 1 is 0.900 bits per heavy atom. The highest BCUT2D eigenvalue weighted by Gasteiger charge is 2.02. The van der Waals surface area contributed by atoms with Crippen molar-refractivity contribution in [3.63, 3.8) is 0 Å². The van der Waals surface area contributed by atoms with Crippen molar-refractivity contribution in [1.82, 2.24) is 0 Å². The normalized spacial score (nSPS) is 10.1. The number of carbonyl (C=O) groups excluding carboxylic acids is 2. The van der Waals surface area contributed by atoms with Gasteiger partial charge in [0.25, 0.3) is 0 Å². The van der Waals surface area contributed by atoms with E-state index in [0.717, 1.165) is 0 Å². The molecule has 0 bridgehead atoms. The van der Waals surface area contributed by atoms with Gasteiger partial charge >= 0.3 is 11.9 Å². The molecule has 20 heavy (non-hydrogen) atoms. The van der Waals surface area contributed by atoms with E-state index in [0.29, 0.717) is 38.6 Å². The highest BCUT2D eigenvalue weighted by molar-refractivity contribution is 5.86. The van der Waals surface area contributed by atoms with E-state index in [1.165, 1.54) is 7.11 Å². The van der Waals surface area contributed by atoms with Gasteiger partial charge in [-0.1, -0.05) is 6.58 Å². The number of ether oxygens (including phenoxy) is 5. The van der Waals surface area contributed by atoms with Crippen LogP contribution in [0.3, 0.4) is 0 Å². The summed E-state index contributed by atoms with van der Waals surface area (Å²) < 4.78 is 24.6. The Morgan fingerprint density at radius 3 is 1.90 bits per heavy atom. The maximum absolute atomic E-state index is 11.0. The molecule has 0 aliphatic heterocycles. The van der Waals surface area contributed by atoms with Crippen LogP contribution < -0.4 is 0 Å². The summed E-state index contributed by atoms with van der Waals surface area (Å²) >= 11 is 0. The van der Waals surface area contributed by atoms with Gasteiger partial charge in [0.2, 0.25) is 0 Å². The molecule has 116 valence electrons. The van der Waals surface area contributed by atoms with Crippen LogP contribution in [0.2, 0.25) is 0 Å². The van der Waals surface area contributed by atoms with Crippen LogP contribution in [0.4, 0.5) is 0 Å². The maximum atomic E-state index is 11.0. The topological polar surface area (TPSA) is 80.3 Å². The van der Waals surface area contributed by atoms with Gasteiger partial charge in [-0.15, -0.1) is 0 Å². The lowest BCUT2D eigenvalue weighted by Gasteiger charge is -2.07. The number of hydrogen-bond donors (Lipinski definition) is 0. The highest BCUT2D eigenvalue weighted by atomic mass is 16.6. The van der Waals surface area contributed by atoms with Crippen LogP contribution in [0, 0.1) is 0 Å². The van der Waals surface area contributed by atoms with Gasteiger partial charge in [0.05, 0.1) is 40.1 Å². The van der Waals surface area contributed by atoms with Gasteiger partial charge in [0, 0.05) is 5.57 Å². The molecule has 0 spiro atoms. The Morgan fingerprint density at radius 2 is 1.40 bits per heavy atom. The van der Waals surface area contributed by atoms with Crippen molar-refractivity contribution >= 4 is 11.9 Å². The molecule has 0 atom stereocenters. The van der Waals surface area contributed by atoms with Crippen LogP contribution in [0.5, 0.6) is 0 Å². The minimum absolute atomic E-state index is 0.0789. The van der Waals surface area contributed by atoms with Crippen molar-refractivity contribution in [3.8, 4) is 0 Å². The first-order valence-electron chi connectivity index (χ1n) is 6.20. The second kappa shape index (κ2) is 12.6. The number of esters is 2. The fourth-order valence-electron chi connectivity index (χ4n) is 0.971. The van der Waals surface area contributed by atoms with Crippen molar-refractivity contribution in [3.05, 3.63) is 12.2 Å². The molecule has 0 saturated carbocycles. The second-order valence-corrected chi connectivity index (χ2v) is 3.77. The summed E-state index contributed by atoms with van der Waals surface area (Å²) in [5.41, 5.74) is 0.361. The molecular formula is C13H22O7. The molecule has 0 heterocycles. The van der Waals surface area contributed by atoms with Gasteiger partial charge in [-0.05, 0) is 6.92 Å². The molecule has 0 radical (unpaired) electrons. The fraction of sp³-hybridized carbons (Fsp3) is 0.692. The zero-order valence-electron chi connectivity index (χ0n) is 12.0. The quantitative estimate of drug-likeness (QED) is 0.291. The molecule has 0 N–H and O–H groups in total. The van der Waals surface area contributed by atoms with Gasteiger partial charge in [-0.3, -0.25) is 0 Å². The molecule has 0 rings (SSSR count). The van der Waals surface area contributed by atoms with E-state index in [1.807, 2.05) is 0 Å². The van der Waals surface area contributed by atoms with Gasteiger partial charge in [0.1, 0.15) is 13.2 Å². The smallest absolute Gasteiger partial charge is 0.333 e. The molecule has 7 nitrogen and oxygen atoms in total. The standard InChI is InChI=1S/C13H22O7/c1-11(2)13(15)20-9-8-18-5-4-17-6-7-19-10-12(14)16-3/h1,4-10H2,2-3H3. The highest BCUT2D eigenvalue weighted by Crippen LogP contribution is 1.91. The molecule has 0 aliphatic carbocycles. The van der Waals surface area contributed by atoms with Crippen molar-refractivity contribution in [2.75, 3.05) is 53.4 Å². The van der Waals surface area contributed by atoms with E-state index < -0.39 is 11.9 Å². The van der Waals surface area contributed by atoms with Crippen LogP contribution in [0.25, 0.3) is 0 Å². The lowest BCUT2D eigenvalue weighted by molar-refractivity contribution is -0.146. The summed E-state index contributed by atoms with van der Waals surface area (Å²) in [6, 6.07) is 0. The van der Waals surface area contributed by atoms with E-state index >= 15 is 0 Å². The maximum Gasteiger partial charge on any atom is 0.333 e. The zero-order chi connectivity index (χ0) is 15.2. The first kappa shape index (κ1) is 18.6. The van der Waals surface area contributed by atoms with E-state index in [1.54, 1.807) is 6.92 Å². The molecule has 0 aliphatic rings. The van der Waals surface area contributed by atoms with Crippen molar-refractivity contribution in [1.29, 1.82) is 0 Å². The average Bonchev–Trinajstić information content (AvgIpc) is 2.43. The summed E-state index contributed by atoms with van der Waals surface area (Å²) in [4.78, 5) is 21.7. The Balaban J connectivity index is 3.15. The third kappa shape index (κ3) is 11.6. The fourth-order valence-corrected chi connectivity index (χ4v) is 0.971. The van der Waals surface area contributed by atoms with Crippen LogP contribution in [0.15, 0.2) is 12.2 Å². The molecule has 0 aromatic carbocycles. The van der Waals surface area contributed by atoms with E-state index in [9.17, 15) is 9.59 Å². The van der Waals surface area contributed by atoms with Crippen LogP contribution in [-0.2, 0) is 33.3 Å². The third-order valence-electron chi connectivity index (χ3n) is 2.00. The monoisotopic (exact) mass is 290 g/mol. The average molecular weight is 290 g/mol.